The standard InChI is InChI=1S/C7H6N2.CO2/c1-3-7-4-2-6-9(7)8-5-1;2-1-3/h1-6H;. The molecule has 0 aliphatic carbocycles. The molecule has 0 radical (unpaired) electrons. The van der Waals surface area contributed by atoms with Gasteiger partial charge in [-0.15, -0.1) is 0 Å². The first-order valence-corrected chi connectivity index (χ1v) is 3.26. The van der Waals surface area contributed by atoms with Crippen LogP contribution in [0.1, 0.15) is 0 Å². The molecule has 4 heteroatoms. The van der Waals surface area contributed by atoms with Gasteiger partial charge in [-0.25, -0.2) is 4.52 Å². The average Bonchev–Trinajstić information content (AvgIpc) is 2.52. The Balaban J connectivity index is 0.000000213. The molecule has 0 saturated heterocycles. The Labute approximate surface area is 68.4 Å². The molecule has 2 aromatic rings. The maximum absolute atomic E-state index is 8.12. The first-order valence-electron chi connectivity index (χ1n) is 3.26. The van der Waals surface area contributed by atoms with Gasteiger partial charge in [-0.2, -0.15) is 14.7 Å². The van der Waals surface area contributed by atoms with Crippen molar-refractivity contribution >= 4 is 11.7 Å². The minimum absolute atomic E-state index is 0.250. The number of aromatic nitrogens is 2. The molecule has 0 atom stereocenters. The molecule has 2 rings (SSSR count). The fourth-order valence-corrected chi connectivity index (χ4v) is 0.875. The summed E-state index contributed by atoms with van der Waals surface area (Å²) >= 11 is 0. The van der Waals surface area contributed by atoms with Crippen LogP contribution in [0.5, 0.6) is 0 Å². The lowest BCUT2D eigenvalue weighted by Crippen LogP contribution is -1.84. The molecular formula is C8H6N2O2. The Kier molecular flexibility index (Phi) is 2.76. The summed E-state index contributed by atoms with van der Waals surface area (Å²) in [5.74, 6) is 0. The van der Waals surface area contributed by atoms with E-state index in [1.807, 2.05) is 35.0 Å². The van der Waals surface area contributed by atoms with Crippen LogP contribution in [-0.2, 0) is 9.59 Å². The minimum atomic E-state index is 0.250. The van der Waals surface area contributed by atoms with Crippen molar-refractivity contribution in [1.82, 2.24) is 9.61 Å². The van der Waals surface area contributed by atoms with Gasteiger partial charge in [0.25, 0.3) is 0 Å². The molecule has 0 unspecified atom stereocenters. The maximum Gasteiger partial charge on any atom is 0.373 e. The minimum Gasteiger partial charge on any atom is -0.241 e. The van der Waals surface area contributed by atoms with Gasteiger partial charge in [0.2, 0.25) is 0 Å². The Hall–Kier alpha value is -1.93. The quantitative estimate of drug-likeness (QED) is 0.574. The molecule has 0 bridgehead atoms. The largest absolute Gasteiger partial charge is 0.373 e. The molecule has 0 amide bonds. The molecular weight excluding hydrogens is 156 g/mol. The zero-order chi connectivity index (χ0) is 8.81. The van der Waals surface area contributed by atoms with Crippen LogP contribution in [0.4, 0.5) is 0 Å². The second-order valence-electron chi connectivity index (χ2n) is 1.98. The van der Waals surface area contributed by atoms with Gasteiger partial charge in [0, 0.05) is 12.4 Å². The van der Waals surface area contributed by atoms with Crippen molar-refractivity contribution in [2.24, 2.45) is 0 Å². The van der Waals surface area contributed by atoms with Crippen molar-refractivity contribution in [2.75, 3.05) is 0 Å². The van der Waals surface area contributed by atoms with Crippen molar-refractivity contribution in [2.45, 2.75) is 0 Å². The number of hydrogen-bond acceptors (Lipinski definition) is 3. The van der Waals surface area contributed by atoms with E-state index in [4.69, 9.17) is 9.59 Å². The molecule has 2 aromatic heterocycles. The van der Waals surface area contributed by atoms with Gasteiger partial charge >= 0.3 is 6.15 Å². The summed E-state index contributed by atoms with van der Waals surface area (Å²) in [5, 5.41) is 4.06. The smallest absolute Gasteiger partial charge is 0.241 e. The van der Waals surface area contributed by atoms with Crippen molar-refractivity contribution < 1.29 is 9.59 Å². The van der Waals surface area contributed by atoms with Gasteiger partial charge in [0.1, 0.15) is 0 Å². The zero-order valence-corrected chi connectivity index (χ0v) is 6.18. The summed E-state index contributed by atoms with van der Waals surface area (Å²) in [6.07, 6.45) is 3.95. The van der Waals surface area contributed by atoms with Crippen molar-refractivity contribution in [1.29, 1.82) is 0 Å². The summed E-state index contributed by atoms with van der Waals surface area (Å²) in [6.45, 7) is 0. The van der Waals surface area contributed by atoms with Gasteiger partial charge in [0.05, 0.1) is 5.52 Å². The van der Waals surface area contributed by atoms with Crippen LogP contribution in [0.3, 0.4) is 0 Å². The van der Waals surface area contributed by atoms with Crippen LogP contribution >= 0.6 is 0 Å². The van der Waals surface area contributed by atoms with Crippen molar-refractivity contribution in [3.8, 4) is 0 Å². The monoisotopic (exact) mass is 162 g/mol. The second-order valence-corrected chi connectivity index (χ2v) is 1.98. The fraction of sp³-hybridized carbons (Fsp3) is 0. The van der Waals surface area contributed by atoms with Crippen molar-refractivity contribution in [3.05, 3.63) is 36.7 Å². The third-order valence-electron chi connectivity index (χ3n) is 1.30. The first kappa shape index (κ1) is 8.17. The SMILES string of the molecule is O=C=O.c1cnn2cccc2c1. The van der Waals surface area contributed by atoms with Gasteiger partial charge in [-0.05, 0) is 24.3 Å². The summed E-state index contributed by atoms with van der Waals surface area (Å²) < 4.78 is 1.83. The maximum atomic E-state index is 8.12. The molecule has 0 N–H and O–H groups in total. The first-order chi connectivity index (χ1) is 5.88. The fourth-order valence-electron chi connectivity index (χ4n) is 0.875. The Bertz CT molecular complexity index is 358. The Morgan fingerprint density at radius 3 is 2.58 bits per heavy atom. The molecule has 0 aromatic carbocycles. The number of rotatable bonds is 0. The van der Waals surface area contributed by atoms with Crippen LogP contribution in [0.15, 0.2) is 36.7 Å². The number of hydrogen-bond donors (Lipinski definition) is 0. The summed E-state index contributed by atoms with van der Waals surface area (Å²) in [5.41, 5.74) is 1.14. The van der Waals surface area contributed by atoms with Crippen LogP contribution < -0.4 is 0 Å². The summed E-state index contributed by atoms with van der Waals surface area (Å²) in [4.78, 5) is 16.2. The van der Waals surface area contributed by atoms with E-state index in [1.54, 1.807) is 6.20 Å². The number of nitrogens with zero attached hydrogens (tertiary/aromatic N) is 2. The molecule has 0 fully saturated rings. The lowest BCUT2D eigenvalue weighted by atomic mass is 10.5. The van der Waals surface area contributed by atoms with Crippen LogP contribution in [0, 0.1) is 0 Å². The van der Waals surface area contributed by atoms with E-state index in [0.29, 0.717) is 0 Å². The lowest BCUT2D eigenvalue weighted by molar-refractivity contribution is -0.191. The van der Waals surface area contributed by atoms with E-state index in [0.717, 1.165) is 5.52 Å². The van der Waals surface area contributed by atoms with Gasteiger partial charge in [-0.1, -0.05) is 0 Å². The van der Waals surface area contributed by atoms with E-state index in [-0.39, 0.29) is 6.15 Å². The number of fused-ring (bicyclic) bond motifs is 1. The van der Waals surface area contributed by atoms with Crippen molar-refractivity contribution in [3.63, 3.8) is 0 Å². The molecule has 0 spiro atoms. The summed E-state index contributed by atoms with van der Waals surface area (Å²) in [6, 6.07) is 7.94. The van der Waals surface area contributed by atoms with Gasteiger partial charge in [0.15, 0.2) is 0 Å². The summed E-state index contributed by atoms with van der Waals surface area (Å²) in [7, 11) is 0. The second kappa shape index (κ2) is 4.05. The molecule has 2 heterocycles. The van der Waals surface area contributed by atoms with Crippen LogP contribution in [0.25, 0.3) is 5.52 Å². The van der Waals surface area contributed by atoms with Crippen LogP contribution in [0.2, 0.25) is 0 Å². The highest BCUT2D eigenvalue weighted by molar-refractivity contribution is 5.44. The topological polar surface area (TPSA) is 51.4 Å². The van der Waals surface area contributed by atoms with E-state index in [2.05, 4.69) is 5.10 Å². The Morgan fingerprint density at radius 2 is 1.92 bits per heavy atom. The third kappa shape index (κ3) is 1.78. The molecule has 60 valence electrons. The van der Waals surface area contributed by atoms with Crippen LogP contribution in [-0.4, -0.2) is 15.8 Å². The molecule has 4 nitrogen and oxygen atoms in total. The lowest BCUT2D eigenvalue weighted by Gasteiger charge is -1.87. The van der Waals surface area contributed by atoms with Gasteiger partial charge in [-0.3, -0.25) is 0 Å². The molecule has 12 heavy (non-hydrogen) atoms. The average molecular weight is 162 g/mol. The molecule has 0 aliphatic rings. The third-order valence-corrected chi connectivity index (χ3v) is 1.30. The predicted octanol–water partition coefficient (Wildman–Crippen LogP) is 0.751. The highest BCUT2D eigenvalue weighted by Gasteiger charge is 1.85. The van der Waals surface area contributed by atoms with E-state index < -0.39 is 0 Å². The Morgan fingerprint density at radius 1 is 1.25 bits per heavy atom. The molecule has 0 saturated carbocycles. The predicted molar refractivity (Wildman–Crippen MR) is 40.2 cm³/mol. The van der Waals surface area contributed by atoms with E-state index in [9.17, 15) is 0 Å². The van der Waals surface area contributed by atoms with E-state index in [1.165, 1.54) is 0 Å². The molecule has 0 aliphatic heterocycles. The zero-order valence-electron chi connectivity index (χ0n) is 6.18. The number of carbonyl (C=O) groups excluding carboxylic acids is 2. The highest BCUT2D eigenvalue weighted by atomic mass is 16.2. The highest BCUT2D eigenvalue weighted by Crippen LogP contribution is 1.98. The normalized spacial score (nSPS) is 8.33. The van der Waals surface area contributed by atoms with E-state index >= 15 is 0 Å². The van der Waals surface area contributed by atoms with Gasteiger partial charge < -0.3 is 0 Å².